The Morgan fingerprint density at radius 2 is 1.89 bits per heavy atom. The standard InChI is InChI=1S/C4H10INO2S/c1-6(2)9(7,8)4-3-5/h3-4H2,1-2H3. The van der Waals surface area contributed by atoms with Gasteiger partial charge in [0.2, 0.25) is 10.0 Å². The summed E-state index contributed by atoms with van der Waals surface area (Å²) in [6, 6.07) is 0. The minimum Gasteiger partial charge on any atom is -0.212 e. The van der Waals surface area contributed by atoms with Crippen LogP contribution in [-0.4, -0.2) is 37.0 Å². The Bertz CT molecular complexity index is 163. The van der Waals surface area contributed by atoms with Crippen molar-refractivity contribution in [1.82, 2.24) is 4.31 Å². The van der Waals surface area contributed by atoms with Gasteiger partial charge in [0.25, 0.3) is 0 Å². The Balaban J connectivity index is 4.05. The van der Waals surface area contributed by atoms with E-state index in [0.717, 1.165) is 0 Å². The number of sulfonamides is 1. The molecule has 0 aliphatic carbocycles. The molecule has 0 fully saturated rings. The molecular formula is C4H10INO2S. The van der Waals surface area contributed by atoms with Gasteiger partial charge >= 0.3 is 0 Å². The highest BCUT2D eigenvalue weighted by molar-refractivity contribution is 14.1. The fraction of sp³-hybridized carbons (Fsp3) is 1.00. The molecule has 0 atom stereocenters. The van der Waals surface area contributed by atoms with E-state index >= 15 is 0 Å². The van der Waals surface area contributed by atoms with Crippen LogP contribution in [0.4, 0.5) is 0 Å². The highest BCUT2D eigenvalue weighted by Crippen LogP contribution is 1.95. The molecule has 0 spiro atoms. The molecule has 0 aromatic heterocycles. The molecule has 9 heavy (non-hydrogen) atoms. The first-order valence-electron chi connectivity index (χ1n) is 2.47. The molecule has 5 heteroatoms. The van der Waals surface area contributed by atoms with Gasteiger partial charge in [-0.3, -0.25) is 0 Å². The van der Waals surface area contributed by atoms with Crippen molar-refractivity contribution in [2.24, 2.45) is 0 Å². The summed E-state index contributed by atoms with van der Waals surface area (Å²) < 4.78 is 23.6. The Kier molecular flexibility index (Phi) is 3.99. The molecule has 0 aromatic carbocycles. The molecule has 0 saturated carbocycles. The second kappa shape index (κ2) is 3.72. The van der Waals surface area contributed by atoms with Crippen molar-refractivity contribution in [3.63, 3.8) is 0 Å². The maximum absolute atomic E-state index is 10.9. The van der Waals surface area contributed by atoms with Gasteiger partial charge in [-0.1, -0.05) is 22.6 Å². The molecule has 0 amide bonds. The molecule has 0 rings (SSSR count). The first-order valence-corrected chi connectivity index (χ1v) is 5.60. The molecule has 0 N–H and O–H groups in total. The fourth-order valence-corrected chi connectivity index (χ4v) is 2.51. The van der Waals surface area contributed by atoms with Crippen LogP contribution >= 0.6 is 22.6 Å². The fourth-order valence-electron chi connectivity index (χ4n) is 0.280. The maximum atomic E-state index is 10.9. The van der Waals surface area contributed by atoms with E-state index in [1.165, 1.54) is 4.31 Å². The molecule has 0 aromatic rings. The van der Waals surface area contributed by atoms with Crippen molar-refractivity contribution in [1.29, 1.82) is 0 Å². The van der Waals surface area contributed by atoms with E-state index in [2.05, 4.69) is 0 Å². The first kappa shape index (κ1) is 9.64. The molecule has 0 saturated heterocycles. The predicted octanol–water partition coefficient (Wildman–Crippen LogP) is 0.313. The van der Waals surface area contributed by atoms with Crippen molar-refractivity contribution >= 4 is 32.6 Å². The zero-order chi connectivity index (χ0) is 7.49. The number of alkyl halides is 1. The lowest BCUT2D eigenvalue weighted by molar-refractivity contribution is 0.523. The maximum Gasteiger partial charge on any atom is 0.214 e. The Hall–Kier alpha value is 0.640. The lowest BCUT2D eigenvalue weighted by Crippen LogP contribution is -2.25. The Labute approximate surface area is 69.6 Å². The number of rotatable bonds is 3. The van der Waals surface area contributed by atoms with Gasteiger partial charge in [0.1, 0.15) is 0 Å². The van der Waals surface area contributed by atoms with Crippen molar-refractivity contribution < 1.29 is 8.42 Å². The molecule has 0 heterocycles. The van der Waals surface area contributed by atoms with Crippen molar-refractivity contribution in [3.8, 4) is 0 Å². The first-order chi connectivity index (χ1) is 4.00. The predicted molar refractivity (Wildman–Crippen MR) is 46.4 cm³/mol. The summed E-state index contributed by atoms with van der Waals surface area (Å²) in [5, 5.41) is 0. The Morgan fingerprint density at radius 1 is 1.44 bits per heavy atom. The van der Waals surface area contributed by atoms with Crippen LogP contribution in [0.5, 0.6) is 0 Å². The number of nitrogens with zero attached hydrogens (tertiary/aromatic N) is 1. The molecular weight excluding hydrogens is 253 g/mol. The van der Waals surface area contributed by atoms with Crippen LogP contribution in [0, 0.1) is 0 Å². The van der Waals surface area contributed by atoms with Crippen molar-refractivity contribution in [3.05, 3.63) is 0 Å². The van der Waals surface area contributed by atoms with Crippen LogP contribution in [0.1, 0.15) is 0 Å². The average molecular weight is 263 g/mol. The summed E-state index contributed by atoms with van der Waals surface area (Å²) in [4.78, 5) is 0. The normalized spacial score (nSPS) is 12.4. The minimum absolute atomic E-state index is 0.237. The van der Waals surface area contributed by atoms with E-state index < -0.39 is 10.0 Å². The minimum atomic E-state index is -2.92. The SMILES string of the molecule is CN(C)S(=O)(=O)CCI. The zero-order valence-electron chi connectivity index (χ0n) is 5.46. The van der Waals surface area contributed by atoms with Gasteiger partial charge in [0.05, 0.1) is 5.75 Å². The van der Waals surface area contributed by atoms with Gasteiger partial charge in [0, 0.05) is 18.5 Å². The number of hydrogen-bond donors (Lipinski definition) is 0. The monoisotopic (exact) mass is 263 g/mol. The van der Waals surface area contributed by atoms with Gasteiger partial charge < -0.3 is 0 Å². The topological polar surface area (TPSA) is 37.4 Å². The van der Waals surface area contributed by atoms with Gasteiger partial charge in [-0.15, -0.1) is 0 Å². The highest BCUT2D eigenvalue weighted by atomic mass is 127. The van der Waals surface area contributed by atoms with E-state index in [0.29, 0.717) is 4.43 Å². The second-order valence-electron chi connectivity index (χ2n) is 1.79. The smallest absolute Gasteiger partial charge is 0.212 e. The average Bonchev–Trinajstić information content (AvgIpc) is 1.65. The molecule has 0 bridgehead atoms. The summed E-state index contributed by atoms with van der Waals surface area (Å²) >= 11 is 2.04. The lowest BCUT2D eigenvalue weighted by Gasteiger charge is -2.08. The number of hydrogen-bond acceptors (Lipinski definition) is 2. The molecule has 0 radical (unpaired) electrons. The third-order valence-electron chi connectivity index (χ3n) is 0.891. The number of halogens is 1. The summed E-state index contributed by atoms with van der Waals surface area (Å²) in [5.74, 6) is 0.237. The summed E-state index contributed by atoms with van der Waals surface area (Å²) in [6.07, 6.45) is 0. The molecule has 3 nitrogen and oxygen atoms in total. The second-order valence-corrected chi connectivity index (χ2v) is 5.17. The van der Waals surface area contributed by atoms with Crippen LogP contribution in [0.15, 0.2) is 0 Å². The third-order valence-corrected chi connectivity index (χ3v) is 4.00. The molecule has 0 aliphatic rings. The molecule has 0 aliphatic heterocycles. The van der Waals surface area contributed by atoms with Crippen LogP contribution in [0.3, 0.4) is 0 Å². The van der Waals surface area contributed by atoms with Crippen LogP contribution in [0.2, 0.25) is 0 Å². The van der Waals surface area contributed by atoms with Crippen LogP contribution < -0.4 is 0 Å². The van der Waals surface area contributed by atoms with Crippen LogP contribution in [0.25, 0.3) is 0 Å². The summed E-state index contributed by atoms with van der Waals surface area (Å²) in [6.45, 7) is 0. The van der Waals surface area contributed by atoms with E-state index in [9.17, 15) is 8.42 Å². The van der Waals surface area contributed by atoms with Gasteiger partial charge in [-0.25, -0.2) is 12.7 Å². The van der Waals surface area contributed by atoms with Crippen LogP contribution in [-0.2, 0) is 10.0 Å². The zero-order valence-corrected chi connectivity index (χ0v) is 8.44. The van der Waals surface area contributed by atoms with E-state index in [1.807, 2.05) is 22.6 Å². The molecule has 56 valence electrons. The Morgan fingerprint density at radius 3 is 2.00 bits per heavy atom. The quantitative estimate of drug-likeness (QED) is 0.543. The lowest BCUT2D eigenvalue weighted by atomic mass is 11.0. The summed E-state index contributed by atoms with van der Waals surface area (Å²) in [7, 11) is 0.164. The largest absolute Gasteiger partial charge is 0.214 e. The van der Waals surface area contributed by atoms with Crippen molar-refractivity contribution in [2.45, 2.75) is 0 Å². The highest BCUT2D eigenvalue weighted by Gasteiger charge is 2.10. The van der Waals surface area contributed by atoms with Crippen molar-refractivity contribution in [2.75, 3.05) is 24.3 Å². The van der Waals surface area contributed by atoms with E-state index in [1.54, 1.807) is 14.1 Å². The summed E-state index contributed by atoms with van der Waals surface area (Å²) in [5.41, 5.74) is 0. The van der Waals surface area contributed by atoms with Gasteiger partial charge in [-0.05, 0) is 0 Å². The third kappa shape index (κ3) is 3.36. The van der Waals surface area contributed by atoms with E-state index in [-0.39, 0.29) is 5.75 Å². The van der Waals surface area contributed by atoms with Gasteiger partial charge in [-0.2, -0.15) is 0 Å². The molecule has 0 unspecified atom stereocenters. The van der Waals surface area contributed by atoms with E-state index in [4.69, 9.17) is 0 Å². The van der Waals surface area contributed by atoms with Gasteiger partial charge in [0.15, 0.2) is 0 Å².